The highest BCUT2D eigenvalue weighted by Crippen LogP contribution is 2.29. The van der Waals surface area contributed by atoms with E-state index in [0.29, 0.717) is 11.1 Å². The molecule has 3 rings (SSSR count). The number of fused-ring (bicyclic) bond motifs is 1. The van der Waals surface area contributed by atoms with Gasteiger partial charge in [-0.25, -0.2) is 4.98 Å². The molecule has 1 aliphatic rings. The molecule has 0 amide bonds. The lowest BCUT2D eigenvalue weighted by molar-refractivity contribution is 0.414. The Balaban J connectivity index is 2.03. The Morgan fingerprint density at radius 3 is 3.21 bits per heavy atom. The number of nitrogens with zero attached hydrogens (tertiary/aromatic N) is 2. The van der Waals surface area contributed by atoms with Crippen LogP contribution in [0, 0.1) is 0 Å². The van der Waals surface area contributed by atoms with Crippen LogP contribution in [-0.2, 0) is 0 Å². The summed E-state index contributed by atoms with van der Waals surface area (Å²) in [7, 11) is 1.66. The summed E-state index contributed by atoms with van der Waals surface area (Å²) in [5.74, 6) is 2.28. The third-order valence-electron chi connectivity index (χ3n) is 3.75. The Kier molecular flexibility index (Phi) is 3.62. The Hall–Kier alpha value is -1.26. The van der Waals surface area contributed by atoms with Gasteiger partial charge in [0, 0.05) is 24.7 Å². The lowest BCUT2D eigenvalue weighted by Gasteiger charge is -2.13. The average Bonchev–Trinajstić information content (AvgIpc) is 2.64. The number of hydrogen-bond donors (Lipinski definition) is 1. The van der Waals surface area contributed by atoms with Gasteiger partial charge in [-0.05, 0) is 25.5 Å². The molecule has 1 aliphatic heterocycles. The van der Waals surface area contributed by atoms with Crippen molar-refractivity contribution in [1.29, 1.82) is 0 Å². The Labute approximate surface area is 117 Å². The summed E-state index contributed by atoms with van der Waals surface area (Å²) in [4.78, 5) is 4.56. The summed E-state index contributed by atoms with van der Waals surface area (Å²) in [6.07, 6.45) is 5.63. The highest BCUT2D eigenvalue weighted by Gasteiger charge is 2.20. The first-order valence-electron chi connectivity index (χ1n) is 6.72. The summed E-state index contributed by atoms with van der Waals surface area (Å²) in [6, 6.07) is 3.88. The average molecular weight is 280 g/mol. The van der Waals surface area contributed by atoms with Crippen LogP contribution in [-0.4, -0.2) is 29.6 Å². The largest absolute Gasteiger partial charge is 0.497 e. The molecule has 1 N–H and O–H groups in total. The van der Waals surface area contributed by atoms with Crippen molar-refractivity contribution < 1.29 is 4.74 Å². The van der Waals surface area contributed by atoms with Gasteiger partial charge in [0.2, 0.25) is 0 Å². The van der Waals surface area contributed by atoms with Crippen molar-refractivity contribution in [1.82, 2.24) is 14.7 Å². The van der Waals surface area contributed by atoms with Crippen LogP contribution in [0.25, 0.3) is 5.52 Å². The third kappa shape index (κ3) is 2.42. The quantitative estimate of drug-likeness (QED) is 0.919. The zero-order valence-electron chi connectivity index (χ0n) is 11.0. The van der Waals surface area contributed by atoms with E-state index in [2.05, 4.69) is 14.7 Å². The molecule has 102 valence electrons. The molecule has 2 aromatic heterocycles. The lowest BCUT2D eigenvalue weighted by atomic mass is 10.0. The summed E-state index contributed by atoms with van der Waals surface area (Å²) in [5, 5.41) is 4.03. The Morgan fingerprint density at radius 2 is 2.37 bits per heavy atom. The smallest absolute Gasteiger partial charge is 0.155 e. The van der Waals surface area contributed by atoms with Gasteiger partial charge in [-0.15, -0.1) is 0 Å². The topological polar surface area (TPSA) is 38.6 Å². The number of ether oxygens (including phenoxy) is 1. The first-order valence-corrected chi connectivity index (χ1v) is 7.09. The fraction of sp³-hybridized carbons (Fsp3) is 0.500. The van der Waals surface area contributed by atoms with Gasteiger partial charge in [0.1, 0.15) is 11.6 Å². The maximum Gasteiger partial charge on any atom is 0.155 e. The van der Waals surface area contributed by atoms with Crippen LogP contribution < -0.4 is 10.1 Å². The van der Waals surface area contributed by atoms with Crippen LogP contribution in [0.2, 0.25) is 5.15 Å². The molecule has 5 heteroatoms. The van der Waals surface area contributed by atoms with E-state index in [1.54, 1.807) is 7.11 Å². The van der Waals surface area contributed by atoms with Crippen LogP contribution in [0.15, 0.2) is 18.3 Å². The normalized spacial score (nSPS) is 20.4. The van der Waals surface area contributed by atoms with Crippen LogP contribution in [0.5, 0.6) is 5.75 Å². The zero-order valence-corrected chi connectivity index (χ0v) is 11.8. The van der Waals surface area contributed by atoms with Gasteiger partial charge >= 0.3 is 0 Å². The summed E-state index contributed by atoms with van der Waals surface area (Å²) < 4.78 is 7.33. The van der Waals surface area contributed by atoms with Gasteiger partial charge in [0.15, 0.2) is 5.15 Å². The van der Waals surface area contributed by atoms with Crippen LogP contribution in [0.3, 0.4) is 0 Å². The van der Waals surface area contributed by atoms with Gasteiger partial charge in [0.05, 0.1) is 12.6 Å². The van der Waals surface area contributed by atoms with Crippen molar-refractivity contribution in [3.8, 4) is 5.75 Å². The van der Waals surface area contributed by atoms with Gasteiger partial charge in [0.25, 0.3) is 0 Å². The van der Waals surface area contributed by atoms with Gasteiger partial charge < -0.3 is 14.5 Å². The molecule has 19 heavy (non-hydrogen) atoms. The molecule has 4 nitrogen and oxygen atoms in total. The van der Waals surface area contributed by atoms with E-state index in [0.717, 1.165) is 36.6 Å². The number of halogens is 1. The van der Waals surface area contributed by atoms with Gasteiger partial charge in [-0.3, -0.25) is 0 Å². The number of rotatable bonds is 2. The minimum Gasteiger partial charge on any atom is -0.497 e. The standard InChI is InChI=1S/C14H18ClN3O/c1-19-11-5-7-18-12(8-11)13(15)17-14(18)10-4-2-3-6-16-9-10/h5,7-8,10,16H,2-4,6,9H2,1H3. The molecule has 1 atom stereocenters. The van der Waals surface area contributed by atoms with E-state index >= 15 is 0 Å². The maximum atomic E-state index is 6.26. The SMILES string of the molecule is COc1ccn2c(C3CCCCNC3)nc(Cl)c2c1. The second kappa shape index (κ2) is 5.39. The fourth-order valence-corrected chi connectivity index (χ4v) is 2.94. The molecule has 0 bridgehead atoms. The van der Waals surface area contributed by atoms with Crippen LogP contribution >= 0.6 is 11.6 Å². The van der Waals surface area contributed by atoms with Crippen molar-refractivity contribution in [2.24, 2.45) is 0 Å². The van der Waals surface area contributed by atoms with E-state index < -0.39 is 0 Å². The second-order valence-electron chi connectivity index (χ2n) is 4.98. The molecular weight excluding hydrogens is 262 g/mol. The zero-order chi connectivity index (χ0) is 13.2. The predicted octanol–water partition coefficient (Wildman–Crippen LogP) is 2.85. The fourth-order valence-electron chi connectivity index (χ4n) is 2.71. The summed E-state index contributed by atoms with van der Waals surface area (Å²) in [5.41, 5.74) is 0.917. The van der Waals surface area contributed by atoms with E-state index in [-0.39, 0.29) is 0 Å². The molecule has 3 heterocycles. The number of aromatic nitrogens is 2. The first kappa shape index (κ1) is 12.8. The minimum atomic E-state index is 0.427. The number of nitrogens with one attached hydrogen (secondary N) is 1. The monoisotopic (exact) mass is 279 g/mol. The van der Waals surface area contributed by atoms with Crippen LogP contribution in [0.1, 0.15) is 31.0 Å². The summed E-state index contributed by atoms with van der Waals surface area (Å²) in [6.45, 7) is 2.07. The van der Waals surface area contributed by atoms with Crippen molar-refractivity contribution in [2.75, 3.05) is 20.2 Å². The molecule has 0 spiro atoms. The molecule has 1 unspecified atom stereocenters. The van der Waals surface area contributed by atoms with Crippen molar-refractivity contribution in [3.63, 3.8) is 0 Å². The Morgan fingerprint density at radius 1 is 1.47 bits per heavy atom. The summed E-state index contributed by atoms with van der Waals surface area (Å²) >= 11 is 6.26. The first-order chi connectivity index (χ1) is 9.29. The molecule has 0 aromatic carbocycles. The van der Waals surface area contributed by atoms with Gasteiger partial charge in [-0.1, -0.05) is 18.0 Å². The van der Waals surface area contributed by atoms with Gasteiger partial charge in [-0.2, -0.15) is 0 Å². The van der Waals surface area contributed by atoms with Crippen molar-refractivity contribution in [2.45, 2.75) is 25.2 Å². The van der Waals surface area contributed by atoms with E-state index in [4.69, 9.17) is 16.3 Å². The van der Waals surface area contributed by atoms with Crippen molar-refractivity contribution in [3.05, 3.63) is 29.3 Å². The molecular formula is C14H18ClN3O. The second-order valence-corrected chi connectivity index (χ2v) is 5.34. The maximum absolute atomic E-state index is 6.26. The molecule has 0 aliphatic carbocycles. The van der Waals surface area contributed by atoms with Crippen LogP contribution in [0.4, 0.5) is 0 Å². The highest BCUT2D eigenvalue weighted by molar-refractivity contribution is 6.32. The number of imidazole rings is 1. The third-order valence-corrected chi connectivity index (χ3v) is 4.02. The van der Waals surface area contributed by atoms with Crippen molar-refractivity contribution >= 4 is 17.1 Å². The predicted molar refractivity (Wildman–Crippen MR) is 76.2 cm³/mol. The van der Waals surface area contributed by atoms with E-state index in [9.17, 15) is 0 Å². The molecule has 0 saturated carbocycles. The molecule has 2 aromatic rings. The van der Waals surface area contributed by atoms with E-state index in [1.807, 2.05) is 18.3 Å². The number of hydrogen-bond acceptors (Lipinski definition) is 3. The highest BCUT2D eigenvalue weighted by atomic mass is 35.5. The molecule has 1 fully saturated rings. The molecule has 1 saturated heterocycles. The van der Waals surface area contributed by atoms with E-state index in [1.165, 1.54) is 12.8 Å². The Bertz CT molecular complexity index is 573. The lowest BCUT2D eigenvalue weighted by Crippen LogP contribution is -2.20. The minimum absolute atomic E-state index is 0.427. The number of methoxy groups -OCH3 is 1. The molecule has 0 radical (unpaired) electrons. The number of pyridine rings is 1.